The number of aromatic nitrogens is 6. The van der Waals surface area contributed by atoms with Crippen LogP contribution in [0, 0.1) is 11.8 Å². The van der Waals surface area contributed by atoms with Gasteiger partial charge in [-0.2, -0.15) is 14.6 Å². The van der Waals surface area contributed by atoms with Crippen LogP contribution in [0.3, 0.4) is 0 Å². The molecule has 1 aliphatic rings. The quantitative estimate of drug-likeness (QED) is 0.104. The van der Waals surface area contributed by atoms with Gasteiger partial charge in [-0.3, -0.25) is 14.3 Å². The smallest absolute Gasteiger partial charge is 0.307 e. The summed E-state index contributed by atoms with van der Waals surface area (Å²) in [4.78, 5) is 27.6. The summed E-state index contributed by atoms with van der Waals surface area (Å²) in [5, 5.41) is 28.9. The van der Waals surface area contributed by atoms with E-state index in [2.05, 4.69) is 32.1 Å². The molecule has 1 saturated carbocycles. The van der Waals surface area contributed by atoms with E-state index in [1.54, 1.807) is 30.9 Å². The Labute approximate surface area is 270 Å². The van der Waals surface area contributed by atoms with Gasteiger partial charge in [-0.15, -0.1) is 11.3 Å². The second-order valence-electron chi connectivity index (χ2n) is 9.74. The number of carbonyl (C=O) groups excluding carboxylic acids is 1. The van der Waals surface area contributed by atoms with E-state index >= 15 is 0 Å². The fraction of sp³-hybridized carbons (Fsp3) is 0.419. The summed E-state index contributed by atoms with van der Waals surface area (Å²) in [5.41, 5.74) is 2.73. The van der Waals surface area contributed by atoms with E-state index in [4.69, 9.17) is 19.7 Å². The van der Waals surface area contributed by atoms with Crippen molar-refractivity contribution in [2.75, 3.05) is 19.0 Å². The van der Waals surface area contributed by atoms with Gasteiger partial charge in [0, 0.05) is 43.4 Å². The normalized spacial score (nSPS) is 12.3. The molecule has 4 aromatic rings. The lowest BCUT2D eigenvalue weighted by Gasteiger charge is -2.21. The highest BCUT2D eigenvalue weighted by Crippen LogP contribution is 2.33. The zero-order valence-electron chi connectivity index (χ0n) is 26.2. The fourth-order valence-electron chi connectivity index (χ4n) is 4.34. The second-order valence-corrected chi connectivity index (χ2v) is 10.6. The SMILES string of the molecule is C=Cc1csc(-c2cnn(COC(=O)CCC)c2)n1.CCO.CNc1cn(C2CCCCC2)nc1-c1nc(F)ccc1F.O=CO. The Kier molecular flexibility index (Phi) is 16.8. The molecular formula is C31H41F2N7O5S. The van der Waals surface area contributed by atoms with Crippen LogP contribution in [0.4, 0.5) is 14.5 Å². The molecule has 0 atom stereocenters. The lowest BCUT2D eigenvalue weighted by Crippen LogP contribution is -2.13. The molecule has 5 rings (SSSR count). The van der Waals surface area contributed by atoms with Crippen LogP contribution in [-0.2, 0) is 21.1 Å². The first kappa shape index (κ1) is 37.7. The van der Waals surface area contributed by atoms with Gasteiger partial charge in [0.2, 0.25) is 5.95 Å². The number of esters is 1. The Morgan fingerprint density at radius 3 is 2.48 bits per heavy atom. The number of ether oxygens (including phenoxy) is 1. The number of nitrogens with zero attached hydrogens (tertiary/aromatic N) is 6. The van der Waals surface area contributed by atoms with Crippen molar-refractivity contribution in [2.45, 2.75) is 71.6 Å². The van der Waals surface area contributed by atoms with E-state index in [1.165, 1.54) is 30.6 Å². The van der Waals surface area contributed by atoms with Crippen LogP contribution in [0.5, 0.6) is 0 Å². The highest BCUT2D eigenvalue weighted by atomic mass is 32.1. The van der Waals surface area contributed by atoms with Crippen molar-refractivity contribution in [1.82, 2.24) is 29.5 Å². The Bertz CT molecular complexity index is 1500. The standard InChI is InChI=1S/C15H18F2N4.C13H15N3O2S.C2H6O.CH2O2/c1-18-12-9-21(10-5-3-2-4-6-10)20-15(12)14-11(16)7-8-13(17)19-14;1-3-5-12(17)18-9-16-7-10(6-14-16)13-15-11(4-2)8-19-13;1-2-3;2-1-3/h7-10,18H,2-6H2,1H3;4,6-8H,2-3,5,9H2,1H3;3H,2H2,1H3;1H,(H,2,3). The van der Waals surface area contributed by atoms with E-state index < -0.39 is 11.8 Å². The van der Waals surface area contributed by atoms with Crippen LogP contribution in [0.25, 0.3) is 28.0 Å². The number of carboxylic acid groups (broad SMARTS) is 1. The molecule has 0 saturated heterocycles. The number of rotatable bonds is 9. The van der Waals surface area contributed by atoms with E-state index in [0.717, 1.165) is 47.7 Å². The number of halogens is 2. The summed E-state index contributed by atoms with van der Waals surface area (Å²) in [5.74, 6) is -1.48. The average Bonchev–Trinajstić information content (AvgIpc) is 3.83. The van der Waals surface area contributed by atoms with E-state index in [9.17, 15) is 13.6 Å². The third kappa shape index (κ3) is 11.8. The Balaban J connectivity index is 0.000000275. The number of pyridine rings is 1. The summed E-state index contributed by atoms with van der Waals surface area (Å²) in [6.45, 7) is 7.43. The number of anilines is 1. The predicted octanol–water partition coefficient (Wildman–Crippen LogP) is 6.42. The van der Waals surface area contributed by atoms with Gasteiger partial charge in [0.1, 0.15) is 16.4 Å². The summed E-state index contributed by atoms with van der Waals surface area (Å²) >= 11 is 1.53. The van der Waals surface area contributed by atoms with Crippen LogP contribution in [-0.4, -0.2) is 65.8 Å². The minimum absolute atomic E-state index is 0.0473. The van der Waals surface area contributed by atoms with Gasteiger partial charge in [-0.05, 0) is 44.4 Å². The number of aliphatic hydroxyl groups excluding tert-OH is 1. The summed E-state index contributed by atoms with van der Waals surface area (Å²) in [6, 6.07) is 2.42. The third-order valence-corrected chi connectivity index (χ3v) is 7.32. The maximum atomic E-state index is 13.9. The molecule has 250 valence electrons. The number of aliphatic hydroxyl groups is 1. The molecule has 0 unspecified atom stereocenters. The van der Waals surface area contributed by atoms with Crippen molar-refractivity contribution in [3.63, 3.8) is 0 Å². The van der Waals surface area contributed by atoms with Gasteiger partial charge in [0.25, 0.3) is 6.47 Å². The minimum atomic E-state index is -0.708. The van der Waals surface area contributed by atoms with Crippen molar-refractivity contribution in [1.29, 1.82) is 0 Å². The first-order chi connectivity index (χ1) is 22.2. The maximum absolute atomic E-state index is 13.9. The molecular weight excluding hydrogens is 620 g/mol. The van der Waals surface area contributed by atoms with Crippen molar-refractivity contribution < 1.29 is 33.3 Å². The van der Waals surface area contributed by atoms with Crippen molar-refractivity contribution >= 4 is 35.5 Å². The third-order valence-electron chi connectivity index (χ3n) is 6.41. The monoisotopic (exact) mass is 661 g/mol. The Morgan fingerprint density at radius 2 is 1.87 bits per heavy atom. The molecule has 12 nitrogen and oxygen atoms in total. The van der Waals surface area contributed by atoms with Crippen LogP contribution in [0.1, 0.15) is 70.5 Å². The van der Waals surface area contributed by atoms with Crippen LogP contribution in [0.2, 0.25) is 0 Å². The Hall–Kier alpha value is -4.50. The molecule has 1 aliphatic carbocycles. The summed E-state index contributed by atoms with van der Waals surface area (Å²) < 4.78 is 35.7. The van der Waals surface area contributed by atoms with Gasteiger partial charge < -0.3 is 20.3 Å². The lowest BCUT2D eigenvalue weighted by atomic mass is 9.96. The predicted molar refractivity (Wildman–Crippen MR) is 173 cm³/mol. The highest BCUT2D eigenvalue weighted by molar-refractivity contribution is 7.13. The van der Waals surface area contributed by atoms with Gasteiger partial charge in [0.05, 0.1) is 23.6 Å². The fourth-order valence-corrected chi connectivity index (χ4v) is 5.12. The summed E-state index contributed by atoms with van der Waals surface area (Å²) in [7, 11) is 1.74. The van der Waals surface area contributed by atoms with E-state index in [0.29, 0.717) is 23.8 Å². The topological polar surface area (TPSA) is 157 Å². The number of hydrogen-bond donors (Lipinski definition) is 3. The van der Waals surface area contributed by atoms with E-state index in [1.807, 2.05) is 29.4 Å². The van der Waals surface area contributed by atoms with Gasteiger partial charge >= 0.3 is 5.97 Å². The van der Waals surface area contributed by atoms with Crippen molar-refractivity contribution in [2.24, 2.45) is 0 Å². The molecule has 3 N–H and O–H groups in total. The van der Waals surface area contributed by atoms with Crippen LogP contribution >= 0.6 is 11.3 Å². The molecule has 0 aromatic carbocycles. The second kappa shape index (κ2) is 20.5. The molecule has 4 heterocycles. The number of nitrogens with one attached hydrogen (secondary N) is 1. The average molecular weight is 662 g/mol. The number of thiazole rings is 1. The minimum Gasteiger partial charge on any atom is -0.483 e. The maximum Gasteiger partial charge on any atom is 0.307 e. The van der Waals surface area contributed by atoms with Gasteiger partial charge in [0.15, 0.2) is 12.5 Å². The number of hydrogen-bond acceptors (Lipinski definition) is 10. The van der Waals surface area contributed by atoms with Crippen molar-refractivity contribution in [3.8, 4) is 22.0 Å². The molecule has 0 radical (unpaired) electrons. The molecule has 0 bridgehead atoms. The van der Waals surface area contributed by atoms with Crippen molar-refractivity contribution in [3.05, 3.63) is 60.1 Å². The molecule has 4 aromatic heterocycles. The first-order valence-electron chi connectivity index (χ1n) is 14.8. The molecule has 15 heteroatoms. The summed E-state index contributed by atoms with van der Waals surface area (Å²) in [6.07, 6.45) is 14.1. The zero-order chi connectivity index (χ0) is 33.9. The molecule has 46 heavy (non-hydrogen) atoms. The zero-order valence-corrected chi connectivity index (χ0v) is 27.1. The largest absolute Gasteiger partial charge is 0.483 e. The van der Waals surface area contributed by atoms with Gasteiger partial charge in [-0.25, -0.2) is 19.0 Å². The Morgan fingerprint density at radius 1 is 1.17 bits per heavy atom. The molecule has 1 fully saturated rings. The van der Waals surface area contributed by atoms with Gasteiger partial charge in [-0.1, -0.05) is 32.8 Å². The van der Waals surface area contributed by atoms with Crippen LogP contribution in [0.15, 0.2) is 42.7 Å². The van der Waals surface area contributed by atoms with E-state index in [-0.39, 0.29) is 31.5 Å². The highest BCUT2D eigenvalue weighted by Gasteiger charge is 2.21. The molecule has 0 spiro atoms. The van der Waals surface area contributed by atoms with Crippen LogP contribution < -0.4 is 5.32 Å². The molecule has 0 aliphatic heterocycles. The lowest BCUT2D eigenvalue weighted by molar-refractivity contribution is -0.147. The molecule has 0 amide bonds. The first-order valence-corrected chi connectivity index (χ1v) is 15.7. The number of carbonyl (C=O) groups is 2.